The zero-order chi connectivity index (χ0) is 11.6. The molecular weight excluding hydrogens is 317 g/mol. The smallest absolute Gasteiger partial charge is 0.336 e. The fourth-order valence-corrected chi connectivity index (χ4v) is 1.04. The number of carboxylic acids is 3. The van der Waals surface area contributed by atoms with Gasteiger partial charge in [0.25, 0.3) is 0 Å². The maximum atomic E-state index is 10.6. The summed E-state index contributed by atoms with van der Waals surface area (Å²) in [5, 5.41) is 25.9. The molecule has 0 amide bonds. The molecule has 0 atom stereocenters. The largest absolute Gasteiger partial charge is 0.478 e. The molecule has 3 N–H and O–H groups in total. The van der Waals surface area contributed by atoms with Crippen molar-refractivity contribution in [3.05, 3.63) is 34.9 Å². The van der Waals surface area contributed by atoms with Crippen molar-refractivity contribution in [2.24, 2.45) is 0 Å². The Balaban J connectivity index is 0.00000225. The Morgan fingerprint density at radius 2 is 1.31 bits per heavy atom. The van der Waals surface area contributed by atoms with Crippen LogP contribution in [0.1, 0.15) is 31.1 Å². The van der Waals surface area contributed by atoms with Gasteiger partial charge in [0.05, 0.1) is 16.7 Å². The predicted octanol–water partition coefficient (Wildman–Crippen LogP) is 0.779. The standard InChI is InChI=1S/C9H6O6.Cd/c10-7(11)4-1-2-5(8(12)13)6(3-4)9(14)15;/h1-3H,(H,10,11)(H,12,13)(H,14,15);. The molecule has 0 saturated carbocycles. The van der Waals surface area contributed by atoms with E-state index in [9.17, 15) is 14.4 Å². The van der Waals surface area contributed by atoms with Crippen molar-refractivity contribution < 1.29 is 57.0 Å². The Morgan fingerprint density at radius 3 is 1.69 bits per heavy atom. The SMILES string of the molecule is O=C(O)c1ccc(C(=O)O)c(C(=O)O)c1.[Cd]. The van der Waals surface area contributed by atoms with E-state index in [4.69, 9.17) is 15.3 Å². The minimum absolute atomic E-state index is 0. The molecule has 0 fully saturated rings. The van der Waals surface area contributed by atoms with Crippen molar-refractivity contribution in [3.8, 4) is 0 Å². The van der Waals surface area contributed by atoms with Gasteiger partial charge in [0.15, 0.2) is 0 Å². The van der Waals surface area contributed by atoms with Crippen LogP contribution in [0.4, 0.5) is 0 Å². The van der Waals surface area contributed by atoms with Gasteiger partial charge in [-0.1, -0.05) is 0 Å². The second-order valence-corrected chi connectivity index (χ2v) is 2.68. The number of carboxylic acid groups (broad SMARTS) is 3. The van der Waals surface area contributed by atoms with Crippen LogP contribution in [-0.2, 0) is 27.3 Å². The summed E-state index contributed by atoms with van der Waals surface area (Å²) in [6, 6.07) is 2.81. The van der Waals surface area contributed by atoms with Crippen LogP contribution in [0.5, 0.6) is 0 Å². The van der Waals surface area contributed by atoms with Crippen LogP contribution in [0.15, 0.2) is 18.2 Å². The van der Waals surface area contributed by atoms with Crippen LogP contribution < -0.4 is 0 Å². The number of benzene rings is 1. The molecule has 0 aliphatic heterocycles. The zero-order valence-electron chi connectivity index (χ0n) is 8.01. The molecule has 1 rings (SSSR count). The first-order valence-electron chi connectivity index (χ1n) is 3.77. The van der Waals surface area contributed by atoms with Crippen LogP contribution >= 0.6 is 0 Å². The summed E-state index contributed by atoms with van der Waals surface area (Å²) in [6.45, 7) is 0. The van der Waals surface area contributed by atoms with E-state index in [2.05, 4.69) is 0 Å². The predicted molar refractivity (Wildman–Crippen MR) is 47.3 cm³/mol. The third-order valence-corrected chi connectivity index (χ3v) is 1.73. The van der Waals surface area contributed by atoms with E-state index in [0.29, 0.717) is 0 Å². The molecule has 0 aliphatic rings. The Morgan fingerprint density at radius 1 is 0.812 bits per heavy atom. The molecule has 0 unspecified atom stereocenters. The summed E-state index contributed by atoms with van der Waals surface area (Å²) in [6.07, 6.45) is 0. The van der Waals surface area contributed by atoms with Gasteiger partial charge in [0.2, 0.25) is 0 Å². The quantitative estimate of drug-likeness (QED) is 0.709. The average Bonchev–Trinajstić information content (AvgIpc) is 2.16. The van der Waals surface area contributed by atoms with Gasteiger partial charge in [0.1, 0.15) is 0 Å². The van der Waals surface area contributed by atoms with Gasteiger partial charge in [-0.2, -0.15) is 0 Å². The monoisotopic (exact) mass is 324 g/mol. The van der Waals surface area contributed by atoms with Gasteiger partial charge in [-0.05, 0) is 18.2 Å². The number of aromatic carboxylic acids is 3. The van der Waals surface area contributed by atoms with Gasteiger partial charge in [-0.25, -0.2) is 14.4 Å². The summed E-state index contributed by atoms with van der Waals surface area (Å²) < 4.78 is 0. The molecule has 7 heteroatoms. The van der Waals surface area contributed by atoms with Crippen LogP contribution in [0, 0.1) is 0 Å². The Bertz CT molecular complexity index is 453. The normalized spacial score (nSPS) is 9.00. The molecular formula is C9H6CdO6. The maximum Gasteiger partial charge on any atom is 0.336 e. The van der Waals surface area contributed by atoms with Crippen molar-refractivity contribution in [3.63, 3.8) is 0 Å². The topological polar surface area (TPSA) is 112 Å². The van der Waals surface area contributed by atoms with E-state index < -0.39 is 29.0 Å². The molecule has 1 aromatic carbocycles. The van der Waals surface area contributed by atoms with Crippen molar-refractivity contribution in [2.75, 3.05) is 0 Å². The summed E-state index contributed by atoms with van der Waals surface area (Å²) in [5.74, 6) is -4.20. The molecule has 80 valence electrons. The second-order valence-electron chi connectivity index (χ2n) is 2.68. The summed E-state index contributed by atoms with van der Waals surface area (Å²) in [5.41, 5.74) is -1.24. The molecule has 0 heterocycles. The third kappa shape index (κ3) is 3.02. The number of hydrogen-bond donors (Lipinski definition) is 3. The zero-order valence-corrected chi connectivity index (χ0v) is 12.0. The van der Waals surface area contributed by atoms with Gasteiger partial charge in [0, 0.05) is 27.3 Å². The minimum Gasteiger partial charge on any atom is -0.478 e. The van der Waals surface area contributed by atoms with E-state index >= 15 is 0 Å². The molecule has 0 aromatic heterocycles. The Labute approximate surface area is 110 Å². The van der Waals surface area contributed by atoms with Crippen molar-refractivity contribution >= 4 is 17.9 Å². The fourth-order valence-electron chi connectivity index (χ4n) is 1.04. The van der Waals surface area contributed by atoms with Gasteiger partial charge in [-0.15, -0.1) is 0 Å². The molecule has 1 aromatic rings. The van der Waals surface area contributed by atoms with E-state index in [-0.39, 0.29) is 32.9 Å². The Kier molecular flexibility index (Phi) is 5.08. The third-order valence-electron chi connectivity index (χ3n) is 1.73. The number of hydrogen-bond acceptors (Lipinski definition) is 3. The minimum atomic E-state index is -1.48. The van der Waals surface area contributed by atoms with Crippen molar-refractivity contribution in [1.29, 1.82) is 0 Å². The summed E-state index contributed by atoms with van der Waals surface area (Å²) >= 11 is 0. The van der Waals surface area contributed by atoms with E-state index in [1.807, 2.05) is 0 Å². The molecule has 0 bridgehead atoms. The Hall–Kier alpha value is -1.45. The number of carbonyl (C=O) groups is 3. The van der Waals surface area contributed by atoms with Crippen LogP contribution in [0.25, 0.3) is 0 Å². The fraction of sp³-hybridized carbons (Fsp3) is 0. The molecule has 0 aliphatic carbocycles. The molecule has 0 radical (unpaired) electrons. The first-order valence-corrected chi connectivity index (χ1v) is 3.77. The van der Waals surface area contributed by atoms with Gasteiger partial charge in [-0.3, -0.25) is 0 Å². The van der Waals surface area contributed by atoms with Crippen LogP contribution in [-0.4, -0.2) is 33.2 Å². The van der Waals surface area contributed by atoms with E-state index in [1.165, 1.54) is 0 Å². The molecule has 0 saturated heterocycles. The van der Waals surface area contributed by atoms with E-state index in [0.717, 1.165) is 18.2 Å². The first kappa shape index (κ1) is 14.6. The van der Waals surface area contributed by atoms with Crippen molar-refractivity contribution in [1.82, 2.24) is 0 Å². The average molecular weight is 323 g/mol. The second kappa shape index (κ2) is 5.59. The maximum absolute atomic E-state index is 10.6. The number of rotatable bonds is 3. The molecule has 6 nitrogen and oxygen atoms in total. The summed E-state index contributed by atoms with van der Waals surface area (Å²) in [7, 11) is 0. The van der Waals surface area contributed by atoms with Gasteiger partial charge >= 0.3 is 17.9 Å². The van der Waals surface area contributed by atoms with E-state index in [1.54, 1.807) is 0 Å². The molecule has 16 heavy (non-hydrogen) atoms. The summed E-state index contributed by atoms with van der Waals surface area (Å²) in [4.78, 5) is 31.8. The van der Waals surface area contributed by atoms with Crippen LogP contribution in [0.3, 0.4) is 0 Å². The van der Waals surface area contributed by atoms with Crippen molar-refractivity contribution in [2.45, 2.75) is 0 Å². The molecule has 0 spiro atoms. The first-order chi connectivity index (χ1) is 6.93. The van der Waals surface area contributed by atoms with Crippen LogP contribution in [0.2, 0.25) is 0 Å². The van der Waals surface area contributed by atoms with Gasteiger partial charge < -0.3 is 15.3 Å².